The van der Waals surface area contributed by atoms with E-state index >= 15 is 0 Å². The van der Waals surface area contributed by atoms with Crippen molar-refractivity contribution in [1.29, 1.82) is 0 Å². The molecule has 0 spiro atoms. The highest BCUT2D eigenvalue weighted by Crippen LogP contribution is 2.31. The molecular formula is C25H28N4O3. The topological polar surface area (TPSA) is 94.3 Å². The quantitative estimate of drug-likeness (QED) is 0.375. The van der Waals surface area contributed by atoms with Crippen LogP contribution in [0.3, 0.4) is 0 Å². The fourth-order valence-corrected chi connectivity index (χ4v) is 4.12. The average molecular weight is 433 g/mol. The van der Waals surface area contributed by atoms with Crippen LogP contribution in [0.1, 0.15) is 32.3 Å². The number of H-pyrrole nitrogens is 1. The molecule has 2 aromatic carbocycles. The van der Waals surface area contributed by atoms with Gasteiger partial charge in [0.05, 0.1) is 0 Å². The summed E-state index contributed by atoms with van der Waals surface area (Å²) in [5.74, 6) is -0.284. The van der Waals surface area contributed by atoms with Crippen molar-refractivity contribution in [3.63, 3.8) is 0 Å². The third-order valence-corrected chi connectivity index (χ3v) is 5.80. The molecule has 3 aromatic rings. The summed E-state index contributed by atoms with van der Waals surface area (Å²) in [6, 6.07) is 17.9. The number of fused-ring (bicyclic) bond motifs is 1. The van der Waals surface area contributed by atoms with Crippen molar-refractivity contribution in [3.8, 4) is 11.3 Å². The van der Waals surface area contributed by atoms with Crippen LogP contribution in [-0.2, 0) is 16.0 Å². The van der Waals surface area contributed by atoms with Crippen molar-refractivity contribution in [3.05, 3.63) is 60.2 Å². The Morgan fingerprint density at radius 1 is 1.03 bits per heavy atom. The maximum atomic E-state index is 12.5. The minimum absolute atomic E-state index is 0.0492. The molecule has 4 amide bonds. The summed E-state index contributed by atoms with van der Waals surface area (Å²) in [4.78, 5) is 41.3. The van der Waals surface area contributed by atoms with E-state index in [1.807, 2.05) is 36.4 Å². The number of amides is 4. The zero-order valence-electron chi connectivity index (χ0n) is 18.4. The van der Waals surface area contributed by atoms with Crippen molar-refractivity contribution in [1.82, 2.24) is 20.5 Å². The Bertz CT molecular complexity index is 1150. The number of aryl methyl sites for hydroxylation is 1. The van der Waals surface area contributed by atoms with Crippen LogP contribution in [0.15, 0.2) is 54.6 Å². The standard InChI is InChI=1S/C25H28N4O3/c1-25(2)23(31)29(24(32)28-25)16-8-15-26-21(30)14-13-19-18-11-6-7-12-20(18)27-22(19)17-9-4-3-5-10-17/h3-7,9-12,27H,8,13-16H2,1-2H3,(H,26,30)(H,28,32). The average Bonchev–Trinajstić information content (AvgIpc) is 3.24. The molecular weight excluding hydrogens is 404 g/mol. The Hall–Kier alpha value is -3.61. The Morgan fingerprint density at radius 3 is 2.47 bits per heavy atom. The highest BCUT2D eigenvalue weighted by atomic mass is 16.2. The molecule has 0 radical (unpaired) electrons. The number of carbonyl (C=O) groups excluding carboxylic acids is 3. The molecule has 1 aliphatic heterocycles. The molecule has 0 unspecified atom stereocenters. The third kappa shape index (κ3) is 4.37. The van der Waals surface area contributed by atoms with Crippen LogP contribution >= 0.6 is 0 Å². The van der Waals surface area contributed by atoms with Crippen molar-refractivity contribution >= 4 is 28.7 Å². The van der Waals surface area contributed by atoms with Gasteiger partial charge in [0.2, 0.25) is 5.91 Å². The van der Waals surface area contributed by atoms with E-state index < -0.39 is 5.54 Å². The predicted molar refractivity (Wildman–Crippen MR) is 124 cm³/mol. The number of aromatic nitrogens is 1. The van der Waals surface area contributed by atoms with Gasteiger partial charge in [-0.15, -0.1) is 0 Å². The number of benzene rings is 2. The fraction of sp³-hybridized carbons (Fsp3) is 0.320. The minimum atomic E-state index is -0.865. The maximum absolute atomic E-state index is 12.5. The van der Waals surface area contributed by atoms with E-state index in [2.05, 4.69) is 33.8 Å². The number of hydrogen-bond donors (Lipinski definition) is 3. The van der Waals surface area contributed by atoms with Crippen molar-refractivity contribution in [2.24, 2.45) is 0 Å². The van der Waals surface area contributed by atoms with Gasteiger partial charge in [0, 0.05) is 36.1 Å². The van der Waals surface area contributed by atoms with Crippen LogP contribution in [0.25, 0.3) is 22.2 Å². The molecule has 0 aliphatic carbocycles. The first kappa shape index (κ1) is 21.6. The summed E-state index contributed by atoms with van der Waals surface area (Å²) < 4.78 is 0. The van der Waals surface area contributed by atoms with Crippen molar-refractivity contribution < 1.29 is 14.4 Å². The zero-order valence-corrected chi connectivity index (χ0v) is 18.4. The van der Waals surface area contributed by atoms with E-state index in [1.165, 1.54) is 4.90 Å². The number of nitrogens with zero attached hydrogens (tertiary/aromatic N) is 1. The molecule has 1 fully saturated rings. The Morgan fingerprint density at radius 2 is 1.75 bits per heavy atom. The van der Waals surface area contributed by atoms with Crippen molar-refractivity contribution in [2.75, 3.05) is 13.1 Å². The second-order valence-corrected chi connectivity index (χ2v) is 8.61. The van der Waals surface area contributed by atoms with E-state index in [-0.39, 0.29) is 24.4 Å². The van der Waals surface area contributed by atoms with E-state index in [0.29, 0.717) is 25.8 Å². The van der Waals surface area contributed by atoms with Gasteiger partial charge in [-0.3, -0.25) is 14.5 Å². The molecule has 166 valence electrons. The molecule has 32 heavy (non-hydrogen) atoms. The van der Waals surface area contributed by atoms with Crippen LogP contribution in [0.5, 0.6) is 0 Å². The van der Waals surface area contributed by atoms with Gasteiger partial charge >= 0.3 is 6.03 Å². The molecule has 0 atom stereocenters. The van der Waals surface area contributed by atoms with Crippen LogP contribution < -0.4 is 10.6 Å². The molecule has 1 aliphatic rings. The smallest absolute Gasteiger partial charge is 0.325 e. The highest BCUT2D eigenvalue weighted by Gasteiger charge is 2.43. The lowest BCUT2D eigenvalue weighted by Gasteiger charge is -2.16. The highest BCUT2D eigenvalue weighted by molar-refractivity contribution is 6.06. The van der Waals surface area contributed by atoms with Crippen LogP contribution in [0, 0.1) is 0 Å². The Kier molecular flexibility index (Phi) is 5.99. The lowest BCUT2D eigenvalue weighted by molar-refractivity contribution is -0.130. The summed E-state index contributed by atoms with van der Waals surface area (Å²) >= 11 is 0. The molecule has 0 saturated carbocycles. The first-order chi connectivity index (χ1) is 15.4. The van der Waals surface area contributed by atoms with Gasteiger partial charge in [0.15, 0.2) is 0 Å². The van der Waals surface area contributed by atoms with Gasteiger partial charge in [0.1, 0.15) is 5.54 Å². The number of imide groups is 1. The number of nitrogens with one attached hydrogen (secondary N) is 3. The fourth-order valence-electron chi connectivity index (χ4n) is 4.12. The first-order valence-corrected chi connectivity index (χ1v) is 10.9. The molecule has 0 bridgehead atoms. The number of rotatable bonds is 8. The van der Waals surface area contributed by atoms with E-state index in [0.717, 1.165) is 27.7 Å². The summed E-state index contributed by atoms with van der Waals surface area (Å²) in [5.41, 5.74) is 3.45. The van der Waals surface area contributed by atoms with Crippen LogP contribution in [0.2, 0.25) is 0 Å². The zero-order chi connectivity index (χ0) is 22.7. The van der Waals surface area contributed by atoms with Gasteiger partial charge < -0.3 is 15.6 Å². The van der Waals surface area contributed by atoms with E-state index in [1.54, 1.807) is 13.8 Å². The molecule has 7 heteroatoms. The lowest BCUT2D eigenvalue weighted by Crippen LogP contribution is -2.40. The molecule has 2 heterocycles. The van der Waals surface area contributed by atoms with Gasteiger partial charge in [-0.2, -0.15) is 0 Å². The SMILES string of the molecule is CC1(C)NC(=O)N(CCCNC(=O)CCc2c(-c3ccccc3)[nH]c3ccccc23)C1=O. The maximum Gasteiger partial charge on any atom is 0.325 e. The van der Waals surface area contributed by atoms with Crippen LogP contribution in [-0.4, -0.2) is 46.4 Å². The van der Waals surface area contributed by atoms with Gasteiger partial charge in [-0.25, -0.2) is 4.79 Å². The summed E-state index contributed by atoms with van der Waals surface area (Å²) in [6.45, 7) is 4.07. The number of hydrogen-bond acceptors (Lipinski definition) is 3. The molecule has 1 saturated heterocycles. The third-order valence-electron chi connectivity index (χ3n) is 5.80. The normalized spacial score (nSPS) is 15.2. The number of carbonyl (C=O) groups is 3. The van der Waals surface area contributed by atoms with E-state index in [9.17, 15) is 14.4 Å². The molecule has 1 aromatic heterocycles. The number of para-hydroxylation sites is 1. The minimum Gasteiger partial charge on any atom is -0.356 e. The van der Waals surface area contributed by atoms with Crippen LogP contribution in [0.4, 0.5) is 4.79 Å². The molecule has 3 N–H and O–H groups in total. The second kappa shape index (κ2) is 8.86. The summed E-state index contributed by atoms with van der Waals surface area (Å²) in [7, 11) is 0. The van der Waals surface area contributed by atoms with Gasteiger partial charge in [-0.1, -0.05) is 48.5 Å². The Labute approximate surface area is 187 Å². The van der Waals surface area contributed by atoms with E-state index in [4.69, 9.17) is 0 Å². The van der Waals surface area contributed by atoms with Gasteiger partial charge in [0.25, 0.3) is 5.91 Å². The second-order valence-electron chi connectivity index (χ2n) is 8.61. The summed E-state index contributed by atoms with van der Waals surface area (Å²) in [5, 5.41) is 6.69. The number of urea groups is 1. The first-order valence-electron chi connectivity index (χ1n) is 10.9. The number of aromatic amines is 1. The van der Waals surface area contributed by atoms with Crippen molar-refractivity contribution in [2.45, 2.75) is 38.6 Å². The summed E-state index contributed by atoms with van der Waals surface area (Å²) in [6.07, 6.45) is 1.49. The van der Waals surface area contributed by atoms with Gasteiger partial charge in [-0.05, 0) is 43.9 Å². The Balaban J connectivity index is 1.34. The lowest BCUT2D eigenvalue weighted by atomic mass is 10.0. The predicted octanol–water partition coefficient (Wildman–Crippen LogP) is 3.60. The molecule has 7 nitrogen and oxygen atoms in total. The largest absolute Gasteiger partial charge is 0.356 e. The monoisotopic (exact) mass is 432 g/mol. The molecule has 4 rings (SSSR count).